The molecule has 1 fully saturated rings. The predicted octanol–water partition coefficient (Wildman–Crippen LogP) is -0.444. The highest BCUT2D eigenvalue weighted by molar-refractivity contribution is 7.89. The molecule has 0 aliphatic carbocycles. The van der Waals surface area contributed by atoms with E-state index in [9.17, 15) is 13.2 Å². The molecule has 1 atom stereocenters. The molecule has 19 heavy (non-hydrogen) atoms. The van der Waals surface area contributed by atoms with Crippen molar-refractivity contribution in [3.05, 3.63) is 17.9 Å². The lowest BCUT2D eigenvalue weighted by Gasteiger charge is -2.22. The van der Waals surface area contributed by atoms with Gasteiger partial charge in [-0.15, -0.1) is 0 Å². The maximum Gasteiger partial charge on any atom is 0.273 e. The first kappa shape index (κ1) is 14.0. The zero-order chi connectivity index (χ0) is 13.9. The second-order valence-corrected chi connectivity index (χ2v) is 6.11. The highest BCUT2D eigenvalue weighted by Crippen LogP contribution is 2.14. The van der Waals surface area contributed by atoms with Gasteiger partial charge in [-0.2, -0.15) is 0 Å². The highest BCUT2D eigenvalue weighted by atomic mass is 32.2. The van der Waals surface area contributed by atoms with E-state index in [1.807, 2.05) is 0 Å². The zero-order valence-electron chi connectivity index (χ0n) is 10.6. The molecule has 7 nitrogen and oxygen atoms in total. The Morgan fingerprint density at radius 2 is 2.26 bits per heavy atom. The van der Waals surface area contributed by atoms with Gasteiger partial charge in [0.05, 0.1) is 12.6 Å². The molecule has 1 aromatic rings. The number of carbonyl (C=O) groups excluding carboxylic acids is 1. The Bertz CT molecular complexity index is 552. The van der Waals surface area contributed by atoms with Crippen molar-refractivity contribution in [3.63, 3.8) is 0 Å². The summed E-state index contributed by atoms with van der Waals surface area (Å²) in [5, 5.41) is 5.69. The summed E-state index contributed by atoms with van der Waals surface area (Å²) in [6, 6.07) is 2.73. The number of nitrogens with one attached hydrogen (secondary N) is 3. The smallest absolute Gasteiger partial charge is 0.273 e. The second kappa shape index (κ2) is 5.72. The fraction of sp³-hybridized carbons (Fsp3) is 0.545. The molecule has 8 heteroatoms. The van der Waals surface area contributed by atoms with Crippen LogP contribution in [0.5, 0.6) is 0 Å². The van der Waals surface area contributed by atoms with Gasteiger partial charge in [0.25, 0.3) is 10.0 Å². The molecule has 1 aliphatic rings. The Labute approximate surface area is 111 Å². The van der Waals surface area contributed by atoms with E-state index in [2.05, 4.69) is 15.4 Å². The molecule has 0 saturated carbocycles. The van der Waals surface area contributed by atoms with Gasteiger partial charge in [-0.25, -0.2) is 13.1 Å². The van der Waals surface area contributed by atoms with Crippen LogP contribution in [0.1, 0.15) is 18.6 Å². The number of furan rings is 1. The molecule has 1 unspecified atom stereocenters. The summed E-state index contributed by atoms with van der Waals surface area (Å²) in [5.41, 5.74) is 0. The molecule has 0 radical (unpaired) electrons. The fourth-order valence-corrected chi connectivity index (χ4v) is 2.55. The molecule has 2 heterocycles. The topological polar surface area (TPSA) is 100 Å². The van der Waals surface area contributed by atoms with Crippen LogP contribution in [0, 0.1) is 0 Å². The lowest BCUT2D eigenvalue weighted by molar-refractivity contribution is -0.124. The second-order valence-electron chi connectivity index (χ2n) is 4.30. The van der Waals surface area contributed by atoms with Crippen molar-refractivity contribution < 1.29 is 17.6 Å². The average molecular weight is 287 g/mol. The summed E-state index contributed by atoms with van der Waals surface area (Å²) in [5.74, 6) is 0.452. The molecule has 3 N–H and O–H groups in total. The molecule has 1 aromatic heterocycles. The molecule has 0 aromatic carbocycles. The number of amides is 1. The monoisotopic (exact) mass is 287 g/mol. The Morgan fingerprint density at radius 1 is 1.47 bits per heavy atom. The first-order valence-electron chi connectivity index (χ1n) is 6.06. The van der Waals surface area contributed by atoms with Gasteiger partial charge in [-0.3, -0.25) is 10.1 Å². The molecule has 0 spiro atoms. The van der Waals surface area contributed by atoms with E-state index in [0.29, 0.717) is 18.8 Å². The maximum atomic E-state index is 11.5. The summed E-state index contributed by atoms with van der Waals surface area (Å²) in [6.45, 7) is 1.03. The van der Waals surface area contributed by atoms with Crippen LogP contribution in [-0.4, -0.2) is 34.0 Å². The van der Waals surface area contributed by atoms with Crippen LogP contribution < -0.4 is 15.4 Å². The van der Waals surface area contributed by atoms with Crippen LogP contribution in [0.2, 0.25) is 0 Å². The summed E-state index contributed by atoms with van der Waals surface area (Å²) in [6.07, 6.45) is 1.70. The largest absolute Gasteiger partial charge is 0.447 e. The molecule has 1 amide bonds. The van der Waals surface area contributed by atoms with Gasteiger partial charge < -0.3 is 9.73 Å². The van der Waals surface area contributed by atoms with Gasteiger partial charge in [0.15, 0.2) is 0 Å². The standard InChI is InChI=1S/C11H17N3O4S/c1-12-19(16,17)10-5-4-8(18-10)7-14-9-3-2-6-13-11(9)15/h4-5,9,12,14H,2-3,6-7H2,1H3,(H,13,15). The summed E-state index contributed by atoms with van der Waals surface area (Å²) >= 11 is 0. The van der Waals surface area contributed by atoms with Gasteiger partial charge in [0.1, 0.15) is 5.76 Å². The first-order chi connectivity index (χ1) is 9.03. The van der Waals surface area contributed by atoms with Crippen molar-refractivity contribution in [3.8, 4) is 0 Å². The minimum atomic E-state index is -3.56. The van der Waals surface area contributed by atoms with Crippen LogP contribution in [0.4, 0.5) is 0 Å². The van der Waals surface area contributed by atoms with Crippen LogP contribution >= 0.6 is 0 Å². The van der Waals surface area contributed by atoms with E-state index in [-0.39, 0.29) is 17.0 Å². The van der Waals surface area contributed by atoms with Crippen LogP contribution in [0.25, 0.3) is 0 Å². The van der Waals surface area contributed by atoms with Crippen molar-refractivity contribution in [2.75, 3.05) is 13.6 Å². The van der Waals surface area contributed by atoms with Gasteiger partial charge in [0.2, 0.25) is 11.0 Å². The SMILES string of the molecule is CNS(=O)(=O)c1ccc(CNC2CCCNC2=O)o1. The van der Waals surface area contributed by atoms with Gasteiger partial charge in [-0.05, 0) is 32.0 Å². The van der Waals surface area contributed by atoms with E-state index < -0.39 is 10.0 Å². The van der Waals surface area contributed by atoms with Crippen LogP contribution in [-0.2, 0) is 21.4 Å². The first-order valence-corrected chi connectivity index (χ1v) is 7.54. The minimum Gasteiger partial charge on any atom is -0.447 e. The Morgan fingerprint density at radius 3 is 2.95 bits per heavy atom. The summed E-state index contributed by atoms with van der Waals surface area (Å²) in [7, 11) is -2.23. The molecular formula is C11H17N3O4S. The molecule has 0 bridgehead atoms. The Hall–Kier alpha value is -1.38. The third-order valence-corrected chi connectivity index (χ3v) is 4.27. The van der Waals surface area contributed by atoms with Crippen molar-refractivity contribution in [1.82, 2.24) is 15.4 Å². The van der Waals surface area contributed by atoms with Crippen molar-refractivity contribution in [2.24, 2.45) is 0 Å². The van der Waals surface area contributed by atoms with Crippen LogP contribution in [0.15, 0.2) is 21.6 Å². The van der Waals surface area contributed by atoms with E-state index >= 15 is 0 Å². The Balaban J connectivity index is 1.95. The molecule has 106 valence electrons. The Kier molecular flexibility index (Phi) is 4.23. The predicted molar refractivity (Wildman–Crippen MR) is 67.8 cm³/mol. The number of carbonyl (C=O) groups is 1. The van der Waals surface area contributed by atoms with Gasteiger partial charge in [-0.1, -0.05) is 0 Å². The zero-order valence-corrected chi connectivity index (χ0v) is 11.4. The fourth-order valence-electron chi connectivity index (χ4n) is 1.89. The quantitative estimate of drug-likeness (QED) is 0.681. The molecule has 1 aliphatic heterocycles. The van der Waals surface area contributed by atoms with Crippen LogP contribution in [0.3, 0.4) is 0 Å². The van der Waals surface area contributed by atoms with E-state index in [1.165, 1.54) is 13.1 Å². The highest BCUT2D eigenvalue weighted by Gasteiger charge is 2.22. The number of sulfonamides is 1. The summed E-state index contributed by atoms with van der Waals surface area (Å²) < 4.78 is 30.4. The number of hydrogen-bond donors (Lipinski definition) is 3. The number of hydrogen-bond acceptors (Lipinski definition) is 5. The average Bonchev–Trinajstić information content (AvgIpc) is 2.87. The van der Waals surface area contributed by atoms with Crippen molar-refractivity contribution >= 4 is 15.9 Å². The lowest BCUT2D eigenvalue weighted by Crippen LogP contribution is -2.47. The molecular weight excluding hydrogens is 270 g/mol. The third kappa shape index (κ3) is 3.34. The molecule has 1 saturated heterocycles. The third-order valence-electron chi connectivity index (χ3n) is 2.98. The van der Waals surface area contributed by atoms with Crippen molar-refractivity contribution in [2.45, 2.75) is 30.5 Å². The van der Waals surface area contributed by atoms with E-state index in [4.69, 9.17) is 4.42 Å². The maximum absolute atomic E-state index is 11.5. The minimum absolute atomic E-state index is 0.0270. The lowest BCUT2D eigenvalue weighted by atomic mass is 10.1. The van der Waals surface area contributed by atoms with Gasteiger partial charge in [0, 0.05) is 6.54 Å². The van der Waals surface area contributed by atoms with Crippen molar-refractivity contribution in [1.29, 1.82) is 0 Å². The summed E-state index contributed by atoms with van der Waals surface area (Å²) in [4.78, 5) is 11.5. The normalized spacial score (nSPS) is 20.3. The van der Waals surface area contributed by atoms with E-state index in [0.717, 1.165) is 12.8 Å². The molecule has 2 rings (SSSR count). The number of piperidine rings is 1. The van der Waals surface area contributed by atoms with Gasteiger partial charge >= 0.3 is 0 Å². The number of rotatable bonds is 5. The van der Waals surface area contributed by atoms with E-state index in [1.54, 1.807) is 6.07 Å².